The van der Waals surface area contributed by atoms with Crippen LogP contribution in [0.25, 0.3) is 0 Å². The van der Waals surface area contributed by atoms with Crippen molar-refractivity contribution in [3.63, 3.8) is 0 Å². The van der Waals surface area contributed by atoms with Crippen molar-refractivity contribution in [3.8, 4) is 0 Å². The Morgan fingerprint density at radius 1 is 1.12 bits per heavy atom. The average Bonchev–Trinajstić information content (AvgIpc) is 3.00. The fraction of sp³-hybridized carbons (Fsp3) is 0.500. The van der Waals surface area contributed by atoms with Crippen LogP contribution in [0.5, 0.6) is 0 Å². The third-order valence-electron chi connectivity index (χ3n) is 4.90. The number of carboxylic acids is 1. The summed E-state index contributed by atoms with van der Waals surface area (Å²) < 4.78 is 0. The summed E-state index contributed by atoms with van der Waals surface area (Å²) in [5.41, 5.74) is 1.34. The van der Waals surface area contributed by atoms with Gasteiger partial charge in [0.05, 0.1) is 12.1 Å². The van der Waals surface area contributed by atoms with Gasteiger partial charge in [-0.1, -0.05) is 12.1 Å². The second kappa shape index (κ2) is 7.03. The predicted octanol–water partition coefficient (Wildman–Crippen LogP) is 1.71. The van der Waals surface area contributed by atoms with Crippen molar-refractivity contribution < 1.29 is 19.5 Å². The number of carbonyl (C=O) groups is 3. The SMILES string of the molecule is O=C(O)c1ccc(C2CCCN(C(=O)CN3CCCC3=O)C2)cc1. The van der Waals surface area contributed by atoms with Crippen molar-refractivity contribution >= 4 is 17.8 Å². The zero-order valence-electron chi connectivity index (χ0n) is 13.6. The molecule has 0 aromatic heterocycles. The van der Waals surface area contributed by atoms with Crippen molar-refractivity contribution in [3.05, 3.63) is 35.4 Å². The lowest BCUT2D eigenvalue weighted by molar-refractivity contribution is -0.139. The Bertz CT molecular complexity index is 641. The highest BCUT2D eigenvalue weighted by molar-refractivity contribution is 5.87. The quantitative estimate of drug-likeness (QED) is 0.912. The van der Waals surface area contributed by atoms with E-state index < -0.39 is 5.97 Å². The van der Waals surface area contributed by atoms with E-state index in [-0.39, 0.29) is 29.8 Å². The molecule has 1 atom stereocenters. The van der Waals surface area contributed by atoms with Crippen LogP contribution in [0.3, 0.4) is 0 Å². The summed E-state index contributed by atoms with van der Waals surface area (Å²) in [7, 11) is 0. The van der Waals surface area contributed by atoms with Gasteiger partial charge in [0.15, 0.2) is 0 Å². The number of carbonyl (C=O) groups excluding carboxylic acids is 2. The number of rotatable bonds is 4. The minimum Gasteiger partial charge on any atom is -0.478 e. The maximum absolute atomic E-state index is 12.5. The van der Waals surface area contributed by atoms with E-state index in [4.69, 9.17) is 5.11 Å². The molecule has 1 N–H and O–H groups in total. The molecule has 3 rings (SSSR count). The number of amides is 2. The summed E-state index contributed by atoms with van der Waals surface area (Å²) in [5.74, 6) is -0.629. The molecule has 2 saturated heterocycles. The highest BCUT2D eigenvalue weighted by atomic mass is 16.4. The van der Waals surface area contributed by atoms with Crippen LogP contribution in [0.2, 0.25) is 0 Å². The van der Waals surface area contributed by atoms with Gasteiger partial charge in [-0.2, -0.15) is 0 Å². The van der Waals surface area contributed by atoms with E-state index in [0.717, 1.165) is 31.4 Å². The number of aromatic carboxylic acids is 1. The van der Waals surface area contributed by atoms with Gasteiger partial charge in [-0.3, -0.25) is 9.59 Å². The zero-order chi connectivity index (χ0) is 17.1. The average molecular weight is 330 g/mol. The first-order chi connectivity index (χ1) is 11.5. The third-order valence-corrected chi connectivity index (χ3v) is 4.90. The first kappa shape index (κ1) is 16.5. The van der Waals surface area contributed by atoms with Gasteiger partial charge < -0.3 is 14.9 Å². The first-order valence-electron chi connectivity index (χ1n) is 8.43. The van der Waals surface area contributed by atoms with Gasteiger partial charge in [0, 0.05) is 32.0 Å². The van der Waals surface area contributed by atoms with Crippen LogP contribution in [-0.4, -0.2) is 58.9 Å². The molecule has 0 radical (unpaired) electrons. The van der Waals surface area contributed by atoms with Gasteiger partial charge in [-0.25, -0.2) is 4.79 Å². The Labute approximate surface area is 141 Å². The number of piperidine rings is 1. The molecule has 6 heteroatoms. The number of carboxylic acid groups (broad SMARTS) is 1. The smallest absolute Gasteiger partial charge is 0.335 e. The van der Waals surface area contributed by atoms with Crippen LogP contribution in [-0.2, 0) is 9.59 Å². The first-order valence-corrected chi connectivity index (χ1v) is 8.43. The molecule has 2 aliphatic rings. The molecule has 128 valence electrons. The van der Waals surface area contributed by atoms with Gasteiger partial charge in [-0.15, -0.1) is 0 Å². The molecule has 2 heterocycles. The number of nitrogens with zero attached hydrogens (tertiary/aromatic N) is 2. The summed E-state index contributed by atoms with van der Waals surface area (Å²) in [4.78, 5) is 38.6. The number of hydrogen-bond donors (Lipinski definition) is 1. The second-order valence-corrected chi connectivity index (χ2v) is 6.52. The molecule has 24 heavy (non-hydrogen) atoms. The normalized spacial score (nSPS) is 21.2. The predicted molar refractivity (Wildman–Crippen MR) is 87.8 cm³/mol. The molecular weight excluding hydrogens is 308 g/mol. The van der Waals surface area contributed by atoms with Gasteiger partial charge in [0.1, 0.15) is 0 Å². The van der Waals surface area contributed by atoms with E-state index in [1.807, 2.05) is 17.0 Å². The number of hydrogen-bond acceptors (Lipinski definition) is 3. The summed E-state index contributed by atoms with van der Waals surface area (Å²) >= 11 is 0. The molecule has 1 aromatic rings. The fourth-order valence-electron chi connectivity index (χ4n) is 3.51. The van der Waals surface area contributed by atoms with Crippen LogP contribution in [0.1, 0.15) is 47.5 Å². The minimum absolute atomic E-state index is 0.0112. The summed E-state index contributed by atoms with van der Waals surface area (Å²) in [6.07, 6.45) is 3.29. The van der Waals surface area contributed by atoms with Crippen LogP contribution >= 0.6 is 0 Å². The molecule has 0 bridgehead atoms. The van der Waals surface area contributed by atoms with Crippen molar-refractivity contribution in [2.24, 2.45) is 0 Å². The fourth-order valence-corrected chi connectivity index (χ4v) is 3.51. The van der Waals surface area contributed by atoms with Crippen molar-refractivity contribution in [1.82, 2.24) is 9.80 Å². The Kier molecular flexibility index (Phi) is 4.83. The van der Waals surface area contributed by atoms with Crippen LogP contribution in [0, 0.1) is 0 Å². The summed E-state index contributed by atoms with van der Waals surface area (Å²) in [5, 5.41) is 8.97. The lowest BCUT2D eigenvalue weighted by atomic mass is 9.90. The molecule has 2 aliphatic heterocycles. The summed E-state index contributed by atoms with van der Waals surface area (Å²) in [6.45, 7) is 2.22. The van der Waals surface area contributed by atoms with Crippen molar-refractivity contribution in [1.29, 1.82) is 0 Å². The lowest BCUT2D eigenvalue weighted by Crippen LogP contribution is -2.44. The Morgan fingerprint density at radius 2 is 1.88 bits per heavy atom. The van der Waals surface area contributed by atoms with E-state index in [2.05, 4.69) is 0 Å². The summed E-state index contributed by atoms with van der Waals surface area (Å²) in [6, 6.07) is 6.90. The molecule has 0 saturated carbocycles. The highest BCUT2D eigenvalue weighted by Gasteiger charge is 2.28. The number of benzene rings is 1. The second-order valence-electron chi connectivity index (χ2n) is 6.52. The Hall–Kier alpha value is -2.37. The Balaban J connectivity index is 1.62. The maximum atomic E-state index is 12.5. The van der Waals surface area contributed by atoms with E-state index >= 15 is 0 Å². The van der Waals surface area contributed by atoms with Gasteiger partial charge in [0.25, 0.3) is 0 Å². The van der Waals surface area contributed by atoms with E-state index in [1.165, 1.54) is 0 Å². The van der Waals surface area contributed by atoms with Gasteiger partial charge >= 0.3 is 5.97 Å². The van der Waals surface area contributed by atoms with Gasteiger partial charge in [-0.05, 0) is 37.0 Å². The molecule has 2 amide bonds. The molecule has 2 fully saturated rings. The van der Waals surface area contributed by atoms with Crippen LogP contribution in [0.15, 0.2) is 24.3 Å². The monoisotopic (exact) mass is 330 g/mol. The number of likely N-dealkylation sites (tertiary alicyclic amines) is 2. The standard InChI is InChI=1S/C18H22N2O4/c21-16-4-2-10-20(16)12-17(22)19-9-1-3-15(11-19)13-5-7-14(8-6-13)18(23)24/h5-8,15H,1-4,9-12H2,(H,23,24). The van der Waals surface area contributed by atoms with Crippen molar-refractivity contribution in [2.75, 3.05) is 26.2 Å². The minimum atomic E-state index is -0.933. The largest absolute Gasteiger partial charge is 0.478 e. The molecule has 6 nitrogen and oxygen atoms in total. The highest BCUT2D eigenvalue weighted by Crippen LogP contribution is 2.27. The lowest BCUT2D eigenvalue weighted by Gasteiger charge is -2.34. The van der Waals surface area contributed by atoms with Crippen LogP contribution in [0.4, 0.5) is 0 Å². The Morgan fingerprint density at radius 3 is 2.50 bits per heavy atom. The maximum Gasteiger partial charge on any atom is 0.335 e. The van der Waals surface area contributed by atoms with Crippen molar-refractivity contribution in [2.45, 2.75) is 31.6 Å². The molecular formula is C18H22N2O4. The molecule has 1 unspecified atom stereocenters. The van der Waals surface area contributed by atoms with E-state index in [0.29, 0.717) is 19.5 Å². The molecule has 1 aromatic carbocycles. The van der Waals surface area contributed by atoms with Gasteiger partial charge in [0.2, 0.25) is 11.8 Å². The van der Waals surface area contributed by atoms with Crippen LogP contribution < -0.4 is 0 Å². The zero-order valence-corrected chi connectivity index (χ0v) is 13.6. The van der Waals surface area contributed by atoms with E-state index in [9.17, 15) is 14.4 Å². The molecule has 0 aliphatic carbocycles. The van der Waals surface area contributed by atoms with E-state index in [1.54, 1.807) is 17.0 Å². The molecule has 0 spiro atoms. The topological polar surface area (TPSA) is 77.9 Å². The third kappa shape index (κ3) is 3.58.